The number of amides is 2. The summed E-state index contributed by atoms with van der Waals surface area (Å²) in [6, 6.07) is 7.64. The molecule has 3 rings (SSSR count). The van der Waals surface area contributed by atoms with Crippen molar-refractivity contribution in [3.63, 3.8) is 0 Å². The van der Waals surface area contributed by atoms with Gasteiger partial charge in [-0.1, -0.05) is 23.7 Å². The van der Waals surface area contributed by atoms with Crippen molar-refractivity contribution in [3.8, 4) is 0 Å². The monoisotopic (exact) mass is 335 g/mol. The predicted octanol–water partition coefficient (Wildman–Crippen LogP) is 1.26. The SMILES string of the molecule is CNC(=O)CN1CCN(C(=O)C2(c3ccc(Cl)cc3)CC2)CC1. The van der Waals surface area contributed by atoms with Crippen LogP contribution in [-0.2, 0) is 15.0 Å². The molecular weight excluding hydrogens is 314 g/mol. The van der Waals surface area contributed by atoms with Gasteiger partial charge in [0, 0.05) is 38.2 Å². The number of nitrogens with one attached hydrogen (secondary N) is 1. The molecule has 6 heteroatoms. The molecule has 1 aliphatic heterocycles. The summed E-state index contributed by atoms with van der Waals surface area (Å²) in [4.78, 5) is 28.4. The first-order chi connectivity index (χ1) is 11.0. The number of benzene rings is 1. The second kappa shape index (κ2) is 6.49. The van der Waals surface area contributed by atoms with Crippen molar-refractivity contribution in [2.45, 2.75) is 18.3 Å². The minimum absolute atomic E-state index is 0.0182. The summed E-state index contributed by atoms with van der Waals surface area (Å²) in [6.07, 6.45) is 1.82. The Morgan fingerprint density at radius 3 is 2.26 bits per heavy atom. The van der Waals surface area contributed by atoms with Crippen LogP contribution in [0.5, 0.6) is 0 Å². The fourth-order valence-corrected chi connectivity index (χ4v) is 3.34. The van der Waals surface area contributed by atoms with E-state index in [-0.39, 0.29) is 17.2 Å². The topological polar surface area (TPSA) is 52.7 Å². The Hall–Kier alpha value is -1.59. The smallest absolute Gasteiger partial charge is 0.233 e. The third-order valence-corrected chi connectivity index (χ3v) is 5.11. The molecule has 0 aromatic heterocycles. The number of hydrogen-bond donors (Lipinski definition) is 1. The van der Waals surface area contributed by atoms with Gasteiger partial charge in [-0.3, -0.25) is 14.5 Å². The average Bonchev–Trinajstić information content (AvgIpc) is 3.37. The summed E-state index contributed by atoms with van der Waals surface area (Å²) < 4.78 is 0. The second-order valence-electron chi connectivity index (χ2n) is 6.33. The maximum atomic E-state index is 12.9. The molecule has 0 bridgehead atoms. The minimum Gasteiger partial charge on any atom is -0.358 e. The molecule has 23 heavy (non-hydrogen) atoms. The van der Waals surface area contributed by atoms with Crippen molar-refractivity contribution in [2.75, 3.05) is 39.8 Å². The number of likely N-dealkylation sites (N-methyl/N-ethyl adjacent to an activating group) is 1. The third-order valence-electron chi connectivity index (χ3n) is 4.86. The third kappa shape index (κ3) is 3.35. The molecule has 2 amide bonds. The van der Waals surface area contributed by atoms with Crippen LogP contribution in [0.25, 0.3) is 0 Å². The van der Waals surface area contributed by atoms with Crippen LogP contribution >= 0.6 is 11.6 Å². The molecule has 2 fully saturated rings. The average molecular weight is 336 g/mol. The van der Waals surface area contributed by atoms with Crippen LogP contribution in [0.4, 0.5) is 0 Å². The number of carbonyl (C=O) groups excluding carboxylic acids is 2. The van der Waals surface area contributed by atoms with Crippen molar-refractivity contribution in [3.05, 3.63) is 34.9 Å². The van der Waals surface area contributed by atoms with E-state index in [9.17, 15) is 9.59 Å². The van der Waals surface area contributed by atoms with Crippen LogP contribution in [0.15, 0.2) is 24.3 Å². The first kappa shape index (κ1) is 16.3. The molecule has 0 spiro atoms. The minimum atomic E-state index is -0.340. The lowest BCUT2D eigenvalue weighted by molar-refractivity contribution is -0.136. The molecule has 124 valence electrons. The van der Waals surface area contributed by atoms with Crippen molar-refractivity contribution in [1.82, 2.24) is 15.1 Å². The standard InChI is InChI=1S/C17H22ClN3O2/c1-19-15(22)12-20-8-10-21(11-9-20)16(23)17(6-7-17)13-2-4-14(18)5-3-13/h2-5H,6-12H2,1H3,(H,19,22). The Morgan fingerprint density at radius 1 is 1.13 bits per heavy atom. The first-order valence-corrected chi connectivity index (χ1v) is 8.41. The van der Waals surface area contributed by atoms with Gasteiger partial charge in [-0.25, -0.2) is 0 Å². The van der Waals surface area contributed by atoms with Crippen molar-refractivity contribution in [2.24, 2.45) is 0 Å². The van der Waals surface area contributed by atoms with Gasteiger partial charge in [0.15, 0.2) is 0 Å². The first-order valence-electron chi connectivity index (χ1n) is 8.03. The summed E-state index contributed by atoms with van der Waals surface area (Å²) in [5, 5.41) is 3.33. The summed E-state index contributed by atoms with van der Waals surface area (Å²) in [7, 11) is 1.64. The number of hydrogen-bond acceptors (Lipinski definition) is 3. The number of halogens is 1. The van der Waals surface area contributed by atoms with Gasteiger partial charge in [0.2, 0.25) is 11.8 Å². The number of carbonyl (C=O) groups is 2. The quantitative estimate of drug-likeness (QED) is 0.901. The lowest BCUT2D eigenvalue weighted by Gasteiger charge is -2.36. The van der Waals surface area contributed by atoms with E-state index in [0.717, 1.165) is 31.5 Å². The molecule has 1 aromatic carbocycles. The highest BCUT2D eigenvalue weighted by atomic mass is 35.5. The molecule has 2 aliphatic rings. The highest BCUT2D eigenvalue weighted by molar-refractivity contribution is 6.30. The van der Waals surface area contributed by atoms with Crippen molar-refractivity contribution in [1.29, 1.82) is 0 Å². The van der Waals surface area contributed by atoms with E-state index in [0.29, 0.717) is 24.7 Å². The summed E-state index contributed by atoms with van der Waals surface area (Å²) in [5.74, 6) is 0.240. The van der Waals surface area contributed by atoms with Gasteiger partial charge in [-0.2, -0.15) is 0 Å². The molecule has 0 atom stereocenters. The molecule has 5 nitrogen and oxygen atoms in total. The predicted molar refractivity (Wildman–Crippen MR) is 89.5 cm³/mol. The highest BCUT2D eigenvalue weighted by Gasteiger charge is 2.53. The Morgan fingerprint density at radius 2 is 1.74 bits per heavy atom. The maximum Gasteiger partial charge on any atom is 0.233 e. The lowest BCUT2D eigenvalue weighted by Crippen LogP contribution is -2.53. The summed E-state index contributed by atoms with van der Waals surface area (Å²) in [6.45, 7) is 3.27. The van der Waals surface area contributed by atoms with Gasteiger partial charge >= 0.3 is 0 Å². The number of nitrogens with zero attached hydrogens (tertiary/aromatic N) is 2. The van der Waals surface area contributed by atoms with E-state index in [1.54, 1.807) is 7.05 Å². The van der Waals surface area contributed by atoms with Crippen molar-refractivity contribution >= 4 is 23.4 Å². The fraction of sp³-hybridized carbons (Fsp3) is 0.529. The maximum absolute atomic E-state index is 12.9. The van der Waals surface area contributed by atoms with Crippen LogP contribution in [0, 0.1) is 0 Å². The van der Waals surface area contributed by atoms with E-state index in [1.807, 2.05) is 29.2 Å². The Balaban J connectivity index is 1.61. The van der Waals surface area contributed by atoms with Gasteiger partial charge in [-0.05, 0) is 30.5 Å². The van der Waals surface area contributed by atoms with Gasteiger partial charge < -0.3 is 10.2 Å². The number of rotatable bonds is 4. The van der Waals surface area contributed by atoms with E-state index in [4.69, 9.17) is 11.6 Å². The molecular formula is C17H22ClN3O2. The van der Waals surface area contributed by atoms with Crippen LogP contribution in [0.1, 0.15) is 18.4 Å². The lowest BCUT2D eigenvalue weighted by atomic mass is 9.94. The molecule has 1 heterocycles. The largest absolute Gasteiger partial charge is 0.358 e. The molecule has 0 radical (unpaired) electrons. The second-order valence-corrected chi connectivity index (χ2v) is 6.77. The fourth-order valence-electron chi connectivity index (χ4n) is 3.21. The van der Waals surface area contributed by atoms with Crippen LogP contribution in [0.2, 0.25) is 5.02 Å². The van der Waals surface area contributed by atoms with Gasteiger partial charge in [0.05, 0.1) is 12.0 Å². The zero-order chi connectivity index (χ0) is 16.4. The molecule has 1 saturated carbocycles. The zero-order valence-electron chi connectivity index (χ0n) is 13.3. The van der Waals surface area contributed by atoms with Crippen molar-refractivity contribution < 1.29 is 9.59 Å². The molecule has 1 saturated heterocycles. The Bertz CT molecular complexity index is 590. The Kier molecular flexibility index (Phi) is 4.60. The van der Waals surface area contributed by atoms with Gasteiger partial charge in [-0.15, -0.1) is 0 Å². The number of piperazine rings is 1. The molecule has 1 aromatic rings. The van der Waals surface area contributed by atoms with Crippen LogP contribution in [-0.4, -0.2) is 61.4 Å². The molecule has 1 N–H and O–H groups in total. The zero-order valence-corrected chi connectivity index (χ0v) is 14.1. The van der Waals surface area contributed by atoms with Crippen LogP contribution < -0.4 is 5.32 Å². The summed E-state index contributed by atoms with van der Waals surface area (Å²) in [5.41, 5.74) is 0.729. The van der Waals surface area contributed by atoms with E-state index in [2.05, 4.69) is 10.2 Å². The van der Waals surface area contributed by atoms with E-state index < -0.39 is 0 Å². The normalized spacial score (nSPS) is 20.2. The highest BCUT2D eigenvalue weighted by Crippen LogP contribution is 2.49. The summed E-state index contributed by atoms with van der Waals surface area (Å²) >= 11 is 5.95. The van der Waals surface area contributed by atoms with Crippen LogP contribution in [0.3, 0.4) is 0 Å². The molecule has 0 unspecified atom stereocenters. The van der Waals surface area contributed by atoms with E-state index >= 15 is 0 Å². The van der Waals surface area contributed by atoms with Gasteiger partial charge in [0.25, 0.3) is 0 Å². The van der Waals surface area contributed by atoms with E-state index in [1.165, 1.54) is 0 Å². The van der Waals surface area contributed by atoms with Gasteiger partial charge in [0.1, 0.15) is 0 Å². The molecule has 1 aliphatic carbocycles. The Labute approximate surface area is 141 Å².